The second kappa shape index (κ2) is 5.54. The summed E-state index contributed by atoms with van der Waals surface area (Å²) in [4.78, 5) is 12.1. The van der Waals surface area contributed by atoms with Crippen molar-refractivity contribution >= 4 is 5.91 Å². The molecule has 1 amide bonds. The first-order chi connectivity index (χ1) is 8.63. The molecular weight excluding hydrogens is 232 g/mol. The number of nitrogens with one attached hydrogen (secondary N) is 1. The molecule has 0 aromatic carbocycles. The van der Waals surface area contributed by atoms with E-state index in [1.54, 1.807) is 0 Å². The summed E-state index contributed by atoms with van der Waals surface area (Å²) in [5.74, 6) is -0.0618. The Balaban J connectivity index is 2.01. The normalized spacial score (nSPS) is 23.3. The molecule has 2 heterocycles. The summed E-state index contributed by atoms with van der Waals surface area (Å²) < 4.78 is 12.8. The van der Waals surface area contributed by atoms with E-state index in [9.17, 15) is 4.79 Å². The number of aromatic nitrogens is 1. The van der Waals surface area contributed by atoms with Crippen molar-refractivity contribution < 1.29 is 14.3 Å². The second-order valence-electron chi connectivity index (χ2n) is 4.54. The first-order valence-electron chi connectivity index (χ1n) is 6.25. The Morgan fingerprint density at radius 2 is 2.39 bits per heavy atom. The maximum Gasteiger partial charge on any atom is 0.253 e. The molecule has 1 aromatic heterocycles. The van der Waals surface area contributed by atoms with Gasteiger partial charge in [0.25, 0.3) is 5.91 Å². The van der Waals surface area contributed by atoms with Gasteiger partial charge in [0.1, 0.15) is 6.10 Å². The highest BCUT2D eigenvalue weighted by Gasteiger charge is 2.30. The van der Waals surface area contributed by atoms with E-state index in [1.165, 1.54) is 0 Å². The van der Waals surface area contributed by atoms with Crippen molar-refractivity contribution in [3.8, 4) is 0 Å². The molecule has 5 nitrogen and oxygen atoms in total. The Kier molecular flexibility index (Phi) is 4.04. The van der Waals surface area contributed by atoms with Gasteiger partial charge in [-0.05, 0) is 19.9 Å². The first-order valence-corrected chi connectivity index (χ1v) is 6.25. The van der Waals surface area contributed by atoms with Crippen LogP contribution < -0.4 is 5.32 Å². The zero-order valence-electron chi connectivity index (χ0n) is 11.1. The number of hydrogen-bond donors (Lipinski definition) is 1. The molecule has 18 heavy (non-hydrogen) atoms. The van der Waals surface area contributed by atoms with Gasteiger partial charge in [-0.15, -0.1) is 0 Å². The first kappa shape index (κ1) is 13.1. The molecule has 1 aromatic rings. The number of hydrogen-bond acceptors (Lipinski definition) is 3. The number of amides is 1. The van der Waals surface area contributed by atoms with Crippen molar-refractivity contribution in [2.24, 2.45) is 7.05 Å². The molecule has 0 radical (unpaired) electrons. The van der Waals surface area contributed by atoms with Gasteiger partial charge < -0.3 is 19.4 Å². The Morgan fingerprint density at radius 1 is 1.61 bits per heavy atom. The van der Waals surface area contributed by atoms with E-state index >= 15 is 0 Å². The van der Waals surface area contributed by atoms with E-state index in [2.05, 4.69) is 5.32 Å². The van der Waals surface area contributed by atoms with Crippen LogP contribution in [0.25, 0.3) is 0 Å². The van der Waals surface area contributed by atoms with Crippen LogP contribution in [0.1, 0.15) is 23.0 Å². The van der Waals surface area contributed by atoms with E-state index in [-0.39, 0.29) is 18.1 Å². The molecule has 2 atom stereocenters. The maximum absolute atomic E-state index is 12.1. The van der Waals surface area contributed by atoms with Gasteiger partial charge in [-0.25, -0.2) is 0 Å². The van der Waals surface area contributed by atoms with Crippen LogP contribution in [0.3, 0.4) is 0 Å². The number of aryl methyl sites for hydroxylation is 1. The summed E-state index contributed by atoms with van der Waals surface area (Å²) in [6.07, 6.45) is 1.85. The molecule has 1 N–H and O–H groups in total. The number of ether oxygens (including phenoxy) is 2. The minimum Gasteiger partial charge on any atom is -0.376 e. The molecule has 2 rings (SSSR count). The fourth-order valence-electron chi connectivity index (χ4n) is 2.14. The van der Waals surface area contributed by atoms with Crippen LogP contribution in [0.4, 0.5) is 0 Å². The summed E-state index contributed by atoms with van der Waals surface area (Å²) >= 11 is 0. The molecule has 0 aliphatic carbocycles. The van der Waals surface area contributed by atoms with Crippen molar-refractivity contribution in [3.05, 3.63) is 23.5 Å². The van der Waals surface area contributed by atoms with Gasteiger partial charge in [0.2, 0.25) is 0 Å². The second-order valence-corrected chi connectivity index (χ2v) is 4.54. The van der Waals surface area contributed by atoms with Gasteiger partial charge in [0.05, 0.1) is 24.8 Å². The molecule has 1 aliphatic heterocycles. The summed E-state index contributed by atoms with van der Waals surface area (Å²) in [6, 6.07) is 1.77. The highest BCUT2D eigenvalue weighted by atomic mass is 16.5. The lowest BCUT2D eigenvalue weighted by Gasteiger charge is -2.18. The van der Waals surface area contributed by atoms with E-state index in [4.69, 9.17) is 9.47 Å². The minimum absolute atomic E-state index is 0.0389. The van der Waals surface area contributed by atoms with Gasteiger partial charge in [-0.2, -0.15) is 0 Å². The van der Waals surface area contributed by atoms with Crippen LogP contribution in [0.2, 0.25) is 0 Å². The molecule has 5 heteroatoms. The molecule has 1 saturated heterocycles. The molecule has 1 aliphatic rings. The number of nitrogens with zero attached hydrogens (tertiary/aromatic N) is 1. The maximum atomic E-state index is 12.1. The highest BCUT2D eigenvalue weighted by Crippen LogP contribution is 2.13. The van der Waals surface area contributed by atoms with E-state index < -0.39 is 0 Å². The smallest absolute Gasteiger partial charge is 0.253 e. The van der Waals surface area contributed by atoms with Crippen LogP contribution in [0.15, 0.2) is 12.3 Å². The summed E-state index contributed by atoms with van der Waals surface area (Å²) in [6.45, 7) is 5.57. The number of rotatable bonds is 4. The molecule has 1 fully saturated rings. The van der Waals surface area contributed by atoms with E-state index in [1.807, 2.05) is 37.7 Å². The van der Waals surface area contributed by atoms with Crippen molar-refractivity contribution in [3.63, 3.8) is 0 Å². The van der Waals surface area contributed by atoms with Crippen LogP contribution in [0, 0.1) is 6.92 Å². The van der Waals surface area contributed by atoms with E-state index in [0.717, 1.165) is 5.69 Å². The largest absolute Gasteiger partial charge is 0.376 e. The minimum atomic E-state index is -0.0618. The lowest BCUT2D eigenvalue weighted by Crippen LogP contribution is -2.43. The summed E-state index contributed by atoms with van der Waals surface area (Å²) in [7, 11) is 1.92. The lowest BCUT2D eigenvalue weighted by molar-refractivity contribution is 0.0402. The SMILES string of the molecule is CCO[C@H]1COC[C@@H]1NC(=O)c1ccn(C)c1C. The van der Waals surface area contributed by atoms with Crippen molar-refractivity contribution in [1.29, 1.82) is 0 Å². The summed E-state index contributed by atoms with van der Waals surface area (Å²) in [5.41, 5.74) is 1.67. The Bertz CT molecular complexity index is 428. The average Bonchev–Trinajstić information content (AvgIpc) is 2.89. The molecule has 0 saturated carbocycles. The fourth-order valence-corrected chi connectivity index (χ4v) is 2.14. The zero-order chi connectivity index (χ0) is 13.1. The quantitative estimate of drug-likeness (QED) is 0.865. The van der Waals surface area contributed by atoms with Gasteiger partial charge in [-0.1, -0.05) is 0 Å². The van der Waals surface area contributed by atoms with Crippen LogP contribution >= 0.6 is 0 Å². The third-order valence-electron chi connectivity index (χ3n) is 3.35. The lowest BCUT2D eigenvalue weighted by atomic mass is 10.2. The topological polar surface area (TPSA) is 52.5 Å². The van der Waals surface area contributed by atoms with Crippen molar-refractivity contribution in [2.75, 3.05) is 19.8 Å². The van der Waals surface area contributed by atoms with Crippen LogP contribution in [0.5, 0.6) is 0 Å². The van der Waals surface area contributed by atoms with Crippen molar-refractivity contribution in [2.45, 2.75) is 26.0 Å². The van der Waals surface area contributed by atoms with Gasteiger partial charge in [0.15, 0.2) is 0 Å². The van der Waals surface area contributed by atoms with Crippen LogP contribution in [-0.2, 0) is 16.5 Å². The van der Waals surface area contributed by atoms with Gasteiger partial charge in [-0.3, -0.25) is 4.79 Å². The molecule has 100 valence electrons. The van der Waals surface area contributed by atoms with Gasteiger partial charge >= 0.3 is 0 Å². The standard InChI is InChI=1S/C13H20N2O3/c1-4-18-12-8-17-7-11(12)14-13(16)10-5-6-15(3)9(10)2/h5-6,11-12H,4,7-8H2,1-3H3,(H,14,16)/t11-,12-/m0/s1. The predicted octanol–water partition coefficient (Wildman–Crippen LogP) is 0.867. The molecular formula is C13H20N2O3. The molecule has 0 unspecified atom stereocenters. The number of carbonyl (C=O) groups is 1. The third-order valence-corrected chi connectivity index (χ3v) is 3.35. The summed E-state index contributed by atoms with van der Waals surface area (Å²) in [5, 5.41) is 2.98. The molecule has 0 bridgehead atoms. The fraction of sp³-hybridized carbons (Fsp3) is 0.615. The zero-order valence-corrected chi connectivity index (χ0v) is 11.1. The number of carbonyl (C=O) groups excluding carboxylic acids is 1. The Hall–Kier alpha value is -1.33. The monoisotopic (exact) mass is 252 g/mol. The Labute approximate surface area is 107 Å². The van der Waals surface area contributed by atoms with E-state index in [0.29, 0.717) is 25.4 Å². The average molecular weight is 252 g/mol. The Morgan fingerprint density at radius 3 is 3.00 bits per heavy atom. The van der Waals surface area contributed by atoms with Crippen molar-refractivity contribution in [1.82, 2.24) is 9.88 Å². The van der Waals surface area contributed by atoms with Gasteiger partial charge in [0, 0.05) is 25.5 Å². The van der Waals surface area contributed by atoms with Crippen LogP contribution in [-0.4, -0.2) is 42.4 Å². The molecule has 0 spiro atoms. The predicted molar refractivity (Wildman–Crippen MR) is 67.6 cm³/mol. The highest BCUT2D eigenvalue weighted by molar-refractivity contribution is 5.95. The third kappa shape index (κ3) is 2.57.